The number of rotatable bonds is 1. The number of aliphatic hydroxyl groups excluding tert-OH is 2. The fourth-order valence-corrected chi connectivity index (χ4v) is 9.30. The summed E-state index contributed by atoms with van der Waals surface area (Å²) >= 11 is 0. The molecule has 0 spiro atoms. The maximum Gasteiger partial charge on any atom is 0.226 e. The van der Waals surface area contributed by atoms with Crippen molar-refractivity contribution in [3.8, 4) is 0 Å². The molecule has 1 heterocycles. The second-order valence-corrected chi connectivity index (χ2v) is 12.4. The van der Waals surface area contributed by atoms with E-state index in [9.17, 15) is 15.0 Å². The lowest BCUT2D eigenvalue weighted by molar-refractivity contribution is -0.181. The van der Waals surface area contributed by atoms with Crippen LogP contribution in [0.15, 0.2) is 0 Å². The molecule has 0 aromatic carbocycles. The Morgan fingerprint density at radius 2 is 1.52 bits per heavy atom. The largest absolute Gasteiger partial charge is 0.390 e. The maximum absolute atomic E-state index is 13.8. The summed E-state index contributed by atoms with van der Waals surface area (Å²) in [5.41, 5.74) is 0.162. The number of amides is 1. The molecular formula is C27H45NO3. The van der Waals surface area contributed by atoms with Crippen molar-refractivity contribution in [2.45, 2.75) is 121 Å². The Morgan fingerprint density at radius 1 is 0.774 bits per heavy atom. The van der Waals surface area contributed by atoms with Gasteiger partial charge in [-0.1, -0.05) is 32.6 Å². The highest BCUT2D eigenvalue weighted by Gasteiger charge is 2.60. The van der Waals surface area contributed by atoms with E-state index in [4.69, 9.17) is 0 Å². The zero-order chi connectivity index (χ0) is 21.8. The van der Waals surface area contributed by atoms with E-state index in [1.165, 1.54) is 44.9 Å². The van der Waals surface area contributed by atoms with Crippen LogP contribution >= 0.6 is 0 Å². The van der Waals surface area contributed by atoms with Gasteiger partial charge < -0.3 is 15.1 Å². The van der Waals surface area contributed by atoms with E-state index in [2.05, 4.69) is 18.7 Å². The fourth-order valence-electron chi connectivity index (χ4n) is 9.30. The number of carbonyl (C=O) groups excluding carboxylic acids is 1. The van der Waals surface area contributed by atoms with Crippen molar-refractivity contribution in [3.63, 3.8) is 0 Å². The van der Waals surface area contributed by atoms with Gasteiger partial charge in [-0.05, 0) is 100 Å². The molecular weight excluding hydrogens is 386 g/mol. The number of hydrogen-bond donors (Lipinski definition) is 2. The quantitative estimate of drug-likeness (QED) is 0.620. The van der Waals surface area contributed by atoms with E-state index in [0.29, 0.717) is 23.7 Å². The molecule has 5 rings (SSSR count). The average Bonchev–Trinajstić information content (AvgIpc) is 2.95. The molecule has 4 nitrogen and oxygen atoms in total. The lowest BCUT2D eigenvalue weighted by atomic mass is 9.45. The second-order valence-electron chi connectivity index (χ2n) is 12.4. The van der Waals surface area contributed by atoms with Gasteiger partial charge in [-0.15, -0.1) is 0 Å². The molecule has 2 N–H and O–H groups in total. The third-order valence-corrected chi connectivity index (χ3v) is 11.1. The van der Waals surface area contributed by atoms with E-state index in [0.717, 1.165) is 51.5 Å². The lowest BCUT2D eigenvalue weighted by Gasteiger charge is -2.63. The van der Waals surface area contributed by atoms with Crippen molar-refractivity contribution < 1.29 is 15.0 Å². The summed E-state index contributed by atoms with van der Waals surface area (Å²) in [4.78, 5) is 16.2. The fraction of sp³-hybridized carbons (Fsp3) is 0.963. The Bertz CT molecular complexity index is 675. The Labute approximate surface area is 189 Å². The highest BCUT2D eigenvalue weighted by atomic mass is 16.3. The summed E-state index contributed by atoms with van der Waals surface area (Å²) in [5, 5.41) is 21.1. The van der Waals surface area contributed by atoms with Crippen LogP contribution in [0.1, 0.15) is 104 Å². The minimum Gasteiger partial charge on any atom is -0.390 e. The predicted molar refractivity (Wildman–Crippen MR) is 122 cm³/mol. The van der Waals surface area contributed by atoms with Gasteiger partial charge in [0.15, 0.2) is 0 Å². The molecule has 1 saturated heterocycles. The van der Waals surface area contributed by atoms with Crippen LogP contribution in [0.3, 0.4) is 0 Å². The monoisotopic (exact) mass is 431 g/mol. The van der Waals surface area contributed by atoms with Crippen LogP contribution in [0.2, 0.25) is 0 Å². The Morgan fingerprint density at radius 3 is 2.29 bits per heavy atom. The summed E-state index contributed by atoms with van der Waals surface area (Å²) in [6.45, 7) is 5.83. The summed E-state index contributed by atoms with van der Waals surface area (Å²) in [5.74, 6) is 2.89. The van der Waals surface area contributed by atoms with Crippen LogP contribution in [0.25, 0.3) is 0 Å². The SMILES string of the molecule is C[C@]12CC[C@H](O)[C@H](O)C1CC[C@@H]1C2CC[C@@]2(C)C1CCCCN2C(=O)C1CCCCC1. The van der Waals surface area contributed by atoms with Crippen molar-refractivity contribution >= 4 is 5.91 Å². The molecule has 4 heteroatoms. The summed E-state index contributed by atoms with van der Waals surface area (Å²) in [6.07, 6.45) is 14.8. The van der Waals surface area contributed by atoms with Gasteiger partial charge in [0.2, 0.25) is 5.91 Å². The maximum atomic E-state index is 13.8. The van der Waals surface area contributed by atoms with E-state index in [1.807, 2.05) is 0 Å². The Balaban J connectivity index is 1.42. The molecule has 0 bridgehead atoms. The van der Waals surface area contributed by atoms with Crippen LogP contribution in [0.4, 0.5) is 0 Å². The van der Waals surface area contributed by atoms with Gasteiger partial charge in [-0.3, -0.25) is 4.79 Å². The van der Waals surface area contributed by atoms with E-state index in [1.54, 1.807) is 0 Å². The molecule has 5 fully saturated rings. The van der Waals surface area contributed by atoms with Crippen LogP contribution in [-0.2, 0) is 4.79 Å². The van der Waals surface area contributed by atoms with Gasteiger partial charge in [0, 0.05) is 18.0 Å². The third-order valence-electron chi connectivity index (χ3n) is 11.1. The second kappa shape index (κ2) is 8.31. The van der Waals surface area contributed by atoms with Gasteiger partial charge in [-0.2, -0.15) is 0 Å². The number of likely N-dealkylation sites (tertiary alicyclic amines) is 1. The molecule has 4 saturated carbocycles. The zero-order valence-electron chi connectivity index (χ0n) is 19.9. The van der Waals surface area contributed by atoms with Gasteiger partial charge in [-0.25, -0.2) is 0 Å². The molecule has 3 unspecified atom stereocenters. The minimum absolute atomic E-state index is 0.0161. The standard InChI is InChI=1S/C27H45NO3/c1-26-15-14-23(29)24(30)22(26)12-11-19-20(26)13-16-27(2)21(19)10-6-7-17-28(27)25(31)18-8-4-3-5-9-18/h18-24,29-30H,3-17H2,1-2H3/t19-,20?,21?,22?,23+,24-,26-,27+/m1/s1. The molecule has 1 aliphatic heterocycles. The van der Waals surface area contributed by atoms with Gasteiger partial charge >= 0.3 is 0 Å². The Kier molecular flexibility index (Phi) is 5.95. The van der Waals surface area contributed by atoms with E-state index < -0.39 is 12.2 Å². The zero-order valence-corrected chi connectivity index (χ0v) is 19.9. The molecule has 4 aliphatic carbocycles. The molecule has 5 aliphatic rings. The first-order chi connectivity index (χ1) is 14.9. The summed E-state index contributed by atoms with van der Waals surface area (Å²) in [7, 11) is 0. The molecule has 0 aromatic rings. The normalized spacial score (nSPS) is 48.8. The van der Waals surface area contributed by atoms with Crippen molar-refractivity contribution in [2.24, 2.45) is 35.0 Å². The van der Waals surface area contributed by atoms with Crippen LogP contribution in [0, 0.1) is 35.0 Å². The highest BCUT2D eigenvalue weighted by molar-refractivity contribution is 5.80. The molecule has 176 valence electrons. The van der Waals surface area contributed by atoms with Crippen molar-refractivity contribution in [1.82, 2.24) is 4.90 Å². The molecule has 8 atom stereocenters. The van der Waals surface area contributed by atoms with Crippen molar-refractivity contribution in [2.75, 3.05) is 6.54 Å². The molecule has 0 aromatic heterocycles. The number of nitrogens with zero attached hydrogens (tertiary/aromatic N) is 1. The van der Waals surface area contributed by atoms with Crippen LogP contribution in [-0.4, -0.2) is 45.3 Å². The first-order valence-electron chi connectivity index (χ1n) is 13.5. The third kappa shape index (κ3) is 3.50. The topological polar surface area (TPSA) is 60.8 Å². The molecule has 31 heavy (non-hydrogen) atoms. The van der Waals surface area contributed by atoms with Crippen LogP contribution in [0.5, 0.6) is 0 Å². The number of fused-ring (bicyclic) bond motifs is 5. The molecule has 0 radical (unpaired) electrons. The smallest absolute Gasteiger partial charge is 0.226 e. The first-order valence-corrected chi connectivity index (χ1v) is 13.5. The van der Waals surface area contributed by atoms with Crippen LogP contribution < -0.4 is 0 Å². The van der Waals surface area contributed by atoms with E-state index in [-0.39, 0.29) is 22.8 Å². The van der Waals surface area contributed by atoms with Crippen molar-refractivity contribution in [1.29, 1.82) is 0 Å². The van der Waals surface area contributed by atoms with Gasteiger partial charge in [0.05, 0.1) is 12.2 Å². The minimum atomic E-state index is -0.550. The van der Waals surface area contributed by atoms with Gasteiger partial charge in [0.1, 0.15) is 0 Å². The van der Waals surface area contributed by atoms with Gasteiger partial charge in [0.25, 0.3) is 0 Å². The molecule has 1 amide bonds. The predicted octanol–water partition coefficient (Wildman–Crippen LogP) is 4.91. The summed E-state index contributed by atoms with van der Waals surface area (Å²) in [6, 6.07) is 0. The first kappa shape index (κ1) is 22.2. The summed E-state index contributed by atoms with van der Waals surface area (Å²) < 4.78 is 0. The lowest BCUT2D eigenvalue weighted by Crippen LogP contribution is -2.64. The number of aliphatic hydroxyl groups is 2. The van der Waals surface area contributed by atoms with Crippen molar-refractivity contribution in [3.05, 3.63) is 0 Å². The van der Waals surface area contributed by atoms with E-state index >= 15 is 0 Å². The number of hydrogen-bond acceptors (Lipinski definition) is 3. The Hall–Kier alpha value is -0.610. The average molecular weight is 432 g/mol. The number of carbonyl (C=O) groups is 1. The highest BCUT2D eigenvalue weighted by Crippen LogP contribution is 2.63.